The van der Waals surface area contributed by atoms with Crippen LogP contribution in [0.1, 0.15) is 33.1 Å². The fourth-order valence-electron chi connectivity index (χ4n) is 2.36. The van der Waals surface area contributed by atoms with E-state index >= 15 is 0 Å². The minimum absolute atomic E-state index is 0. The lowest BCUT2D eigenvalue weighted by Crippen LogP contribution is -2.44. The molecule has 5 nitrogen and oxygen atoms in total. The Balaban J connectivity index is 0. The van der Waals surface area contributed by atoms with Gasteiger partial charge in [-0.15, -0.1) is 24.8 Å². The van der Waals surface area contributed by atoms with E-state index in [4.69, 9.17) is 0 Å². The molecule has 0 unspecified atom stereocenters. The van der Waals surface area contributed by atoms with Crippen LogP contribution in [0.5, 0.6) is 0 Å². The monoisotopic (exact) mass is 363 g/mol. The van der Waals surface area contributed by atoms with Crippen molar-refractivity contribution in [2.24, 2.45) is 5.92 Å². The topological polar surface area (TPSA) is 61.4 Å². The molecule has 1 aliphatic rings. The van der Waals surface area contributed by atoms with Gasteiger partial charge in [-0.2, -0.15) is 0 Å². The Morgan fingerprint density at radius 2 is 1.71 bits per heavy atom. The summed E-state index contributed by atoms with van der Waals surface area (Å²) in [7, 11) is -3.09. The molecule has 0 amide bonds. The average molecular weight is 364 g/mol. The molecule has 130 valence electrons. The standard InChI is InChI=1S/C13H29N3O2S.2ClH/c1-3-13(4-2)12-19(17,18)15-6-5-9-16-10-7-14-8-11-16;;/h13-15H,3-12H2,1-2H3;2*1H. The fourth-order valence-corrected chi connectivity index (χ4v) is 4.02. The van der Waals surface area contributed by atoms with Crippen molar-refractivity contribution in [2.75, 3.05) is 45.0 Å². The first-order valence-electron chi connectivity index (χ1n) is 7.47. The molecule has 1 rings (SSSR count). The van der Waals surface area contributed by atoms with Gasteiger partial charge in [-0.25, -0.2) is 13.1 Å². The molecule has 2 N–H and O–H groups in total. The molecule has 1 heterocycles. The highest BCUT2D eigenvalue weighted by Crippen LogP contribution is 2.09. The Morgan fingerprint density at radius 1 is 1.14 bits per heavy atom. The van der Waals surface area contributed by atoms with E-state index in [9.17, 15) is 8.42 Å². The molecule has 0 spiro atoms. The van der Waals surface area contributed by atoms with Crippen LogP contribution in [0, 0.1) is 5.92 Å². The van der Waals surface area contributed by atoms with Gasteiger partial charge in [0.2, 0.25) is 10.0 Å². The van der Waals surface area contributed by atoms with E-state index in [0.717, 1.165) is 52.0 Å². The van der Waals surface area contributed by atoms with Crippen LogP contribution in [0.15, 0.2) is 0 Å². The Morgan fingerprint density at radius 3 is 2.24 bits per heavy atom. The second kappa shape index (κ2) is 12.9. The summed E-state index contributed by atoms with van der Waals surface area (Å²) < 4.78 is 26.5. The van der Waals surface area contributed by atoms with Crippen molar-refractivity contribution in [3.05, 3.63) is 0 Å². The molecular formula is C13H31Cl2N3O2S. The van der Waals surface area contributed by atoms with Crippen molar-refractivity contribution in [2.45, 2.75) is 33.1 Å². The zero-order chi connectivity index (χ0) is 14.1. The molecule has 1 fully saturated rings. The van der Waals surface area contributed by atoms with Crippen molar-refractivity contribution >= 4 is 34.8 Å². The average Bonchev–Trinajstić information content (AvgIpc) is 2.42. The van der Waals surface area contributed by atoms with E-state index in [0.29, 0.717) is 6.54 Å². The molecule has 0 aromatic heterocycles. The van der Waals surface area contributed by atoms with Crippen LogP contribution in [0.3, 0.4) is 0 Å². The quantitative estimate of drug-likeness (QED) is 0.609. The number of nitrogens with zero attached hydrogens (tertiary/aromatic N) is 1. The normalized spacial score (nSPS) is 16.3. The molecule has 1 aliphatic heterocycles. The highest BCUT2D eigenvalue weighted by molar-refractivity contribution is 7.89. The van der Waals surface area contributed by atoms with Gasteiger partial charge >= 0.3 is 0 Å². The van der Waals surface area contributed by atoms with E-state index in [1.807, 2.05) is 13.8 Å². The van der Waals surface area contributed by atoms with Crippen LogP contribution < -0.4 is 10.0 Å². The number of nitrogens with one attached hydrogen (secondary N) is 2. The van der Waals surface area contributed by atoms with Crippen molar-refractivity contribution < 1.29 is 8.42 Å². The van der Waals surface area contributed by atoms with E-state index in [2.05, 4.69) is 14.9 Å². The second-order valence-corrected chi connectivity index (χ2v) is 7.15. The molecule has 8 heteroatoms. The zero-order valence-electron chi connectivity index (χ0n) is 13.1. The van der Waals surface area contributed by atoms with Gasteiger partial charge in [-0.05, 0) is 18.9 Å². The summed E-state index contributed by atoms with van der Waals surface area (Å²) in [5.74, 6) is 0.554. The highest BCUT2D eigenvalue weighted by atomic mass is 35.5. The van der Waals surface area contributed by atoms with Crippen molar-refractivity contribution in [3.8, 4) is 0 Å². The first-order valence-corrected chi connectivity index (χ1v) is 9.13. The van der Waals surface area contributed by atoms with E-state index in [1.54, 1.807) is 0 Å². The third-order valence-electron chi connectivity index (χ3n) is 3.79. The molecule has 21 heavy (non-hydrogen) atoms. The SMILES string of the molecule is CCC(CC)CS(=O)(=O)NCCCN1CCNCC1.Cl.Cl. The largest absolute Gasteiger partial charge is 0.314 e. The lowest BCUT2D eigenvalue weighted by atomic mass is 10.1. The van der Waals surface area contributed by atoms with E-state index in [1.165, 1.54) is 0 Å². The van der Waals surface area contributed by atoms with Crippen LogP contribution in [-0.2, 0) is 10.0 Å². The van der Waals surface area contributed by atoms with Gasteiger partial charge in [0.25, 0.3) is 0 Å². The van der Waals surface area contributed by atoms with Crippen molar-refractivity contribution in [3.63, 3.8) is 0 Å². The summed E-state index contributed by atoms with van der Waals surface area (Å²) in [4.78, 5) is 2.38. The van der Waals surface area contributed by atoms with Crippen molar-refractivity contribution in [1.29, 1.82) is 0 Å². The summed E-state index contributed by atoms with van der Waals surface area (Å²) >= 11 is 0. The van der Waals surface area contributed by atoms with Gasteiger partial charge < -0.3 is 10.2 Å². The van der Waals surface area contributed by atoms with E-state index in [-0.39, 0.29) is 36.5 Å². The lowest BCUT2D eigenvalue weighted by molar-refractivity contribution is 0.239. The second-order valence-electron chi connectivity index (χ2n) is 5.30. The van der Waals surface area contributed by atoms with Crippen LogP contribution in [0.25, 0.3) is 0 Å². The summed E-state index contributed by atoms with van der Waals surface area (Å²) in [6.45, 7) is 9.87. The maximum atomic E-state index is 11.9. The first-order chi connectivity index (χ1) is 9.07. The molecular weight excluding hydrogens is 333 g/mol. The number of rotatable bonds is 9. The molecule has 0 aliphatic carbocycles. The lowest BCUT2D eigenvalue weighted by Gasteiger charge is -2.27. The molecule has 0 aromatic rings. The summed E-state index contributed by atoms with van der Waals surface area (Å²) in [6, 6.07) is 0. The Labute approximate surface area is 142 Å². The molecule has 0 aromatic carbocycles. The van der Waals surface area contributed by atoms with Gasteiger partial charge in [0, 0.05) is 32.7 Å². The summed E-state index contributed by atoms with van der Waals surface area (Å²) in [5.41, 5.74) is 0. The summed E-state index contributed by atoms with van der Waals surface area (Å²) in [5, 5.41) is 3.31. The van der Waals surface area contributed by atoms with Gasteiger partial charge in [0.05, 0.1) is 5.75 Å². The maximum Gasteiger partial charge on any atom is 0.211 e. The summed E-state index contributed by atoms with van der Waals surface area (Å²) in [6.07, 6.45) is 2.75. The predicted molar refractivity (Wildman–Crippen MR) is 94.3 cm³/mol. The molecule has 0 saturated carbocycles. The van der Waals surface area contributed by atoms with E-state index < -0.39 is 10.0 Å². The molecule has 0 atom stereocenters. The van der Waals surface area contributed by atoms with Gasteiger partial charge in [-0.1, -0.05) is 26.7 Å². The third kappa shape index (κ3) is 10.7. The maximum absolute atomic E-state index is 11.9. The minimum Gasteiger partial charge on any atom is -0.314 e. The number of hydrogen-bond acceptors (Lipinski definition) is 4. The van der Waals surface area contributed by atoms with Crippen molar-refractivity contribution in [1.82, 2.24) is 14.9 Å². The van der Waals surface area contributed by atoms with Crippen LogP contribution in [0.2, 0.25) is 0 Å². The number of halogens is 2. The third-order valence-corrected chi connectivity index (χ3v) is 5.35. The van der Waals surface area contributed by atoms with Gasteiger partial charge in [0.15, 0.2) is 0 Å². The number of sulfonamides is 1. The van der Waals surface area contributed by atoms with Crippen LogP contribution >= 0.6 is 24.8 Å². The Bertz CT molecular complexity index is 332. The van der Waals surface area contributed by atoms with Gasteiger partial charge in [0.1, 0.15) is 0 Å². The molecule has 0 bridgehead atoms. The van der Waals surface area contributed by atoms with Crippen LogP contribution in [-0.4, -0.2) is 58.3 Å². The zero-order valence-corrected chi connectivity index (χ0v) is 15.6. The van der Waals surface area contributed by atoms with Gasteiger partial charge in [-0.3, -0.25) is 0 Å². The smallest absolute Gasteiger partial charge is 0.211 e. The number of piperazine rings is 1. The fraction of sp³-hybridized carbons (Fsp3) is 1.00. The predicted octanol–water partition coefficient (Wildman–Crippen LogP) is 1.48. The Kier molecular flexibility index (Phi) is 14.5. The number of hydrogen-bond donors (Lipinski definition) is 2. The molecule has 0 radical (unpaired) electrons. The van der Waals surface area contributed by atoms with Crippen LogP contribution in [0.4, 0.5) is 0 Å². The minimum atomic E-state index is -3.09. The highest BCUT2D eigenvalue weighted by Gasteiger charge is 2.16. The Hall–Kier alpha value is 0.410. The first kappa shape index (κ1) is 23.7. The molecule has 1 saturated heterocycles.